The molecule has 0 aliphatic heterocycles. The van der Waals surface area contributed by atoms with Gasteiger partial charge in [-0.1, -0.05) is 97.3 Å². The van der Waals surface area contributed by atoms with Gasteiger partial charge in [0.25, 0.3) is 0 Å². The summed E-state index contributed by atoms with van der Waals surface area (Å²) in [5.41, 5.74) is 2.30. The number of ether oxygens (including phenoxy) is 1. The van der Waals surface area contributed by atoms with Crippen molar-refractivity contribution < 1.29 is 4.74 Å². The van der Waals surface area contributed by atoms with Crippen LogP contribution in [0.25, 0.3) is 11.4 Å². The molecule has 35 heavy (non-hydrogen) atoms. The van der Waals surface area contributed by atoms with Crippen LogP contribution in [0.1, 0.15) is 122 Å². The van der Waals surface area contributed by atoms with Crippen molar-refractivity contribution in [1.82, 2.24) is 9.97 Å². The second-order valence-electron chi connectivity index (χ2n) is 10.8. The Kier molecular flexibility index (Phi) is 13.2. The standard InChI is InChI=1S/C32H50N2O/c1-3-5-7-8-9-11-14-29-25-33-32(34-26-29)30-20-22-31(23-21-30)35-24-12-15-28-18-16-27(17-19-28)13-10-6-4-2/h20-23,25-28H,3-19,24H2,1-2H3. The zero-order valence-corrected chi connectivity index (χ0v) is 22.6. The van der Waals surface area contributed by atoms with Gasteiger partial charge < -0.3 is 4.74 Å². The highest BCUT2D eigenvalue weighted by molar-refractivity contribution is 5.55. The van der Waals surface area contributed by atoms with Crippen LogP contribution in [0, 0.1) is 11.8 Å². The lowest BCUT2D eigenvalue weighted by molar-refractivity contribution is 0.228. The lowest BCUT2D eigenvalue weighted by Gasteiger charge is -2.28. The zero-order chi connectivity index (χ0) is 24.6. The number of rotatable bonds is 17. The third-order valence-corrected chi connectivity index (χ3v) is 7.84. The number of hydrogen-bond donors (Lipinski definition) is 0. The van der Waals surface area contributed by atoms with Gasteiger partial charge in [0.15, 0.2) is 5.82 Å². The maximum Gasteiger partial charge on any atom is 0.159 e. The van der Waals surface area contributed by atoms with Crippen molar-refractivity contribution in [2.24, 2.45) is 11.8 Å². The largest absolute Gasteiger partial charge is 0.494 e. The van der Waals surface area contributed by atoms with Gasteiger partial charge >= 0.3 is 0 Å². The molecular weight excluding hydrogens is 428 g/mol. The van der Waals surface area contributed by atoms with E-state index in [1.807, 2.05) is 12.4 Å². The maximum absolute atomic E-state index is 6.03. The van der Waals surface area contributed by atoms with E-state index in [2.05, 4.69) is 48.1 Å². The molecule has 1 aromatic heterocycles. The second kappa shape index (κ2) is 16.7. The lowest BCUT2D eigenvalue weighted by Crippen LogP contribution is -2.15. The van der Waals surface area contributed by atoms with E-state index in [9.17, 15) is 0 Å². The first kappa shape index (κ1) is 27.7. The van der Waals surface area contributed by atoms with Crippen molar-refractivity contribution in [2.45, 2.75) is 123 Å². The Balaban J connectivity index is 1.29. The van der Waals surface area contributed by atoms with Gasteiger partial charge in [-0.15, -0.1) is 0 Å². The molecule has 3 nitrogen and oxygen atoms in total. The van der Waals surface area contributed by atoms with Crippen molar-refractivity contribution in [3.63, 3.8) is 0 Å². The zero-order valence-electron chi connectivity index (χ0n) is 22.6. The summed E-state index contributed by atoms with van der Waals surface area (Å²) in [6.07, 6.45) is 26.9. The molecule has 0 unspecified atom stereocenters. The molecule has 2 aromatic rings. The van der Waals surface area contributed by atoms with Gasteiger partial charge in [0.2, 0.25) is 0 Å². The van der Waals surface area contributed by atoms with Crippen LogP contribution in [-0.4, -0.2) is 16.6 Å². The smallest absolute Gasteiger partial charge is 0.159 e. The fraction of sp³-hybridized carbons (Fsp3) is 0.688. The molecule has 1 saturated carbocycles. The molecule has 0 amide bonds. The summed E-state index contributed by atoms with van der Waals surface area (Å²) < 4.78 is 6.03. The summed E-state index contributed by atoms with van der Waals surface area (Å²) in [4.78, 5) is 9.22. The van der Waals surface area contributed by atoms with E-state index < -0.39 is 0 Å². The van der Waals surface area contributed by atoms with Crippen molar-refractivity contribution in [3.8, 4) is 17.1 Å². The third kappa shape index (κ3) is 10.7. The molecule has 1 fully saturated rings. The average Bonchev–Trinajstić information content (AvgIpc) is 2.90. The van der Waals surface area contributed by atoms with E-state index in [0.29, 0.717) is 0 Å². The molecule has 3 rings (SSSR count). The predicted octanol–water partition coefficient (Wildman–Crippen LogP) is 9.59. The van der Waals surface area contributed by atoms with Crippen molar-refractivity contribution in [3.05, 3.63) is 42.2 Å². The molecule has 3 heteroatoms. The summed E-state index contributed by atoms with van der Waals surface area (Å²) in [6, 6.07) is 8.28. The topological polar surface area (TPSA) is 35.0 Å². The number of aromatic nitrogens is 2. The Labute approximate surface area is 215 Å². The lowest BCUT2D eigenvalue weighted by atomic mass is 9.78. The van der Waals surface area contributed by atoms with Crippen LogP contribution in [0.15, 0.2) is 36.7 Å². The molecule has 194 valence electrons. The molecule has 0 saturated heterocycles. The van der Waals surface area contributed by atoms with E-state index in [1.165, 1.54) is 102 Å². The number of benzene rings is 1. The molecule has 1 aromatic carbocycles. The highest BCUT2D eigenvalue weighted by Gasteiger charge is 2.20. The van der Waals surface area contributed by atoms with Crippen molar-refractivity contribution in [1.29, 1.82) is 0 Å². The van der Waals surface area contributed by atoms with Crippen LogP contribution < -0.4 is 4.74 Å². The maximum atomic E-state index is 6.03. The molecule has 0 radical (unpaired) electrons. The van der Waals surface area contributed by atoms with E-state index >= 15 is 0 Å². The summed E-state index contributed by atoms with van der Waals surface area (Å²) in [7, 11) is 0. The Morgan fingerprint density at radius 1 is 0.686 bits per heavy atom. The Hall–Kier alpha value is -1.90. The van der Waals surface area contributed by atoms with E-state index in [4.69, 9.17) is 4.74 Å². The van der Waals surface area contributed by atoms with Crippen molar-refractivity contribution >= 4 is 0 Å². The van der Waals surface area contributed by atoms with Gasteiger partial charge in [0.05, 0.1) is 6.61 Å². The molecule has 1 aliphatic rings. The van der Waals surface area contributed by atoms with Crippen LogP contribution in [0.5, 0.6) is 5.75 Å². The van der Waals surface area contributed by atoms with Crippen LogP contribution in [0.4, 0.5) is 0 Å². The summed E-state index contributed by atoms with van der Waals surface area (Å²) in [6.45, 7) is 5.39. The SMILES string of the molecule is CCCCCCCCc1cnc(-c2ccc(OCCCC3CCC(CCCCC)CC3)cc2)nc1. The average molecular weight is 479 g/mol. The normalized spacial score (nSPS) is 18.0. The first-order valence-corrected chi connectivity index (χ1v) is 14.8. The van der Waals surface area contributed by atoms with Gasteiger partial charge in [-0.3, -0.25) is 0 Å². The predicted molar refractivity (Wildman–Crippen MR) is 149 cm³/mol. The Bertz CT molecular complexity index is 778. The molecule has 0 bridgehead atoms. The van der Waals surface area contributed by atoms with Gasteiger partial charge in [0.1, 0.15) is 5.75 Å². The fourth-order valence-corrected chi connectivity index (χ4v) is 5.50. The van der Waals surface area contributed by atoms with Crippen LogP contribution in [-0.2, 0) is 6.42 Å². The van der Waals surface area contributed by atoms with Gasteiger partial charge in [-0.2, -0.15) is 0 Å². The van der Waals surface area contributed by atoms with Gasteiger partial charge in [-0.25, -0.2) is 9.97 Å². The summed E-state index contributed by atoms with van der Waals surface area (Å²) in [5, 5.41) is 0. The minimum Gasteiger partial charge on any atom is -0.494 e. The number of unbranched alkanes of at least 4 members (excludes halogenated alkanes) is 7. The van der Waals surface area contributed by atoms with Crippen LogP contribution in [0.2, 0.25) is 0 Å². The van der Waals surface area contributed by atoms with Crippen LogP contribution in [0.3, 0.4) is 0 Å². The molecule has 0 spiro atoms. The third-order valence-electron chi connectivity index (χ3n) is 7.84. The van der Waals surface area contributed by atoms with Gasteiger partial charge in [-0.05, 0) is 67.3 Å². The Morgan fingerprint density at radius 2 is 1.26 bits per heavy atom. The highest BCUT2D eigenvalue weighted by atomic mass is 16.5. The van der Waals surface area contributed by atoms with E-state index in [0.717, 1.165) is 48.4 Å². The molecular formula is C32H50N2O. The van der Waals surface area contributed by atoms with E-state index in [1.54, 1.807) is 0 Å². The number of hydrogen-bond acceptors (Lipinski definition) is 3. The van der Waals surface area contributed by atoms with Crippen molar-refractivity contribution in [2.75, 3.05) is 6.61 Å². The number of aryl methyl sites for hydroxylation is 1. The minimum atomic E-state index is 0.800. The Morgan fingerprint density at radius 3 is 1.91 bits per heavy atom. The van der Waals surface area contributed by atoms with E-state index in [-0.39, 0.29) is 0 Å². The fourth-order valence-electron chi connectivity index (χ4n) is 5.50. The summed E-state index contributed by atoms with van der Waals surface area (Å²) >= 11 is 0. The van der Waals surface area contributed by atoms with Crippen LogP contribution >= 0.6 is 0 Å². The quantitative estimate of drug-likeness (QED) is 0.212. The molecule has 1 aliphatic carbocycles. The first-order chi connectivity index (χ1) is 17.3. The van der Waals surface area contributed by atoms with Gasteiger partial charge in [0, 0.05) is 18.0 Å². The number of nitrogens with zero attached hydrogens (tertiary/aromatic N) is 2. The highest BCUT2D eigenvalue weighted by Crippen LogP contribution is 2.34. The molecule has 1 heterocycles. The minimum absolute atomic E-state index is 0.800. The molecule has 0 atom stereocenters. The second-order valence-corrected chi connectivity index (χ2v) is 10.8. The first-order valence-electron chi connectivity index (χ1n) is 14.8. The monoisotopic (exact) mass is 478 g/mol. The summed E-state index contributed by atoms with van der Waals surface area (Å²) in [5.74, 6) is 3.68. The molecule has 0 N–H and O–H groups in total.